The number of nitrogens with zero attached hydrogens (tertiary/aromatic N) is 4. The van der Waals surface area contributed by atoms with Crippen LogP contribution in [0.15, 0.2) is 42.0 Å². The molecule has 1 aromatic carbocycles. The van der Waals surface area contributed by atoms with Crippen molar-refractivity contribution in [2.75, 3.05) is 13.1 Å². The predicted molar refractivity (Wildman–Crippen MR) is 110 cm³/mol. The summed E-state index contributed by atoms with van der Waals surface area (Å²) >= 11 is 1.57. The standard InChI is InChI=1S/C21H24N4O2S/c1-2-25-12-18(11-22-25)15-6-8-24(9-7-15)13-19-14-28-20(23-19)16-4-3-5-17(10-16)21(26)27/h3-5,10-12,14-15H,2,6-9,13H2,1H3,(H,26,27). The second-order valence-electron chi connectivity index (χ2n) is 7.21. The van der Waals surface area contributed by atoms with Crippen LogP contribution < -0.4 is 0 Å². The fraction of sp³-hybridized carbons (Fsp3) is 0.381. The van der Waals surface area contributed by atoms with Crippen molar-refractivity contribution in [3.8, 4) is 10.6 Å². The second-order valence-corrected chi connectivity index (χ2v) is 8.07. The molecule has 1 fully saturated rings. The number of thiazole rings is 1. The molecule has 3 aromatic rings. The van der Waals surface area contributed by atoms with E-state index in [2.05, 4.69) is 28.5 Å². The summed E-state index contributed by atoms with van der Waals surface area (Å²) in [5.74, 6) is -0.313. The number of aromatic nitrogens is 3. The van der Waals surface area contributed by atoms with E-state index in [0.717, 1.165) is 55.3 Å². The summed E-state index contributed by atoms with van der Waals surface area (Å²) in [4.78, 5) is 18.4. The van der Waals surface area contributed by atoms with Gasteiger partial charge in [0.15, 0.2) is 0 Å². The maximum Gasteiger partial charge on any atom is 0.335 e. The molecule has 4 rings (SSSR count). The Balaban J connectivity index is 1.36. The highest BCUT2D eigenvalue weighted by molar-refractivity contribution is 7.13. The molecule has 0 unspecified atom stereocenters. The van der Waals surface area contributed by atoms with E-state index in [9.17, 15) is 4.79 Å². The lowest BCUT2D eigenvalue weighted by atomic mass is 9.91. The average Bonchev–Trinajstić information content (AvgIpc) is 3.38. The van der Waals surface area contributed by atoms with Gasteiger partial charge in [0.2, 0.25) is 0 Å². The normalized spacial score (nSPS) is 15.8. The van der Waals surface area contributed by atoms with E-state index in [0.29, 0.717) is 11.5 Å². The van der Waals surface area contributed by atoms with Gasteiger partial charge in [-0.3, -0.25) is 9.58 Å². The van der Waals surface area contributed by atoms with Crippen molar-refractivity contribution >= 4 is 17.3 Å². The third kappa shape index (κ3) is 4.15. The van der Waals surface area contributed by atoms with Crippen LogP contribution in [0.25, 0.3) is 10.6 Å². The van der Waals surface area contributed by atoms with Crippen LogP contribution >= 0.6 is 11.3 Å². The van der Waals surface area contributed by atoms with Crippen LogP contribution in [-0.2, 0) is 13.1 Å². The molecule has 3 heterocycles. The molecule has 2 aromatic heterocycles. The zero-order chi connectivity index (χ0) is 19.5. The summed E-state index contributed by atoms with van der Waals surface area (Å²) in [5, 5.41) is 16.5. The number of carbonyl (C=O) groups is 1. The average molecular weight is 397 g/mol. The van der Waals surface area contributed by atoms with Crippen molar-refractivity contribution in [1.82, 2.24) is 19.7 Å². The van der Waals surface area contributed by atoms with Gasteiger partial charge in [-0.05, 0) is 56.5 Å². The van der Waals surface area contributed by atoms with Crippen molar-refractivity contribution in [3.05, 3.63) is 58.9 Å². The molecule has 0 saturated carbocycles. The van der Waals surface area contributed by atoms with E-state index in [1.165, 1.54) is 5.56 Å². The van der Waals surface area contributed by atoms with Gasteiger partial charge in [0.05, 0.1) is 17.5 Å². The molecule has 0 bridgehead atoms. The molecule has 0 spiro atoms. The lowest BCUT2D eigenvalue weighted by Crippen LogP contribution is -2.32. The number of carboxylic acids is 1. The number of likely N-dealkylation sites (tertiary alicyclic amines) is 1. The van der Waals surface area contributed by atoms with E-state index in [1.807, 2.05) is 16.9 Å². The molecule has 0 atom stereocenters. The lowest BCUT2D eigenvalue weighted by Gasteiger charge is -2.31. The number of hydrogen-bond donors (Lipinski definition) is 1. The smallest absolute Gasteiger partial charge is 0.335 e. The van der Waals surface area contributed by atoms with Crippen LogP contribution in [0.1, 0.15) is 47.3 Å². The largest absolute Gasteiger partial charge is 0.478 e. The first kappa shape index (κ1) is 18.8. The van der Waals surface area contributed by atoms with Gasteiger partial charge >= 0.3 is 5.97 Å². The Morgan fingerprint density at radius 3 is 2.86 bits per heavy atom. The zero-order valence-electron chi connectivity index (χ0n) is 15.9. The Morgan fingerprint density at radius 1 is 1.32 bits per heavy atom. The summed E-state index contributed by atoms with van der Waals surface area (Å²) in [7, 11) is 0. The molecule has 1 aliphatic rings. The van der Waals surface area contributed by atoms with Gasteiger partial charge in [-0.15, -0.1) is 11.3 Å². The molecular formula is C21H24N4O2S. The fourth-order valence-corrected chi connectivity index (χ4v) is 4.52. The Morgan fingerprint density at radius 2 is 2.14 bits per heavy atom. The minimum absolute atomic E-state index is 0.294. The van der Waals surface area contributed by atoms with Crippen molar-refractivity contribution in [2.45, 2.75) is 38.8 Å². The maximum atomic E-state index is 11.2. The SMILES string of the molecule is CCn1cc(C2CCN(Cc3csc(-c4cccc(C(=O)O)c4)n3)CC2)cn1. The molecule has 28 heavy (non-hydrogen) atoms. The van der Waals surface area contributed by atoms with Crippen LogP contribution in [0.3, 0.4) is 0 Å². The summed E-state index contributed by atoms with van der Waals surface area (Å²) in [6.45, 7) is 5.99. The number of aryl methyl sites for hydroxylation is 1. The molecule has 0 amide bonds. The monoisotopic (exact) mass is 396 g/mol. The van der Waals surface area contributed by atoms with Crippen molar-refractivity contribution in [1.29, 1.82) is 0 Å². The van der Waals surface area contributed by atoms with Crippen LogP contribution in [0, 0.1) is 0 Å². The molecule has 1 saturated heterocycles. The first-order valence-electron chi connectivity index (χ1n) is 9.65. The van der Waals surface area contributed by atoms with Gasteiger partial charge in [-0.25, -0.2) is 9.78 Å². The van der Waals surface area contributed by atoms with Crippen LogP contribution in [0.4, 0.5) is 0 Å². The first-order valence-corrected chi connectivity index (χ1v) is 10.5. The molecule has 1 aliphatic heterocycles. The highest BCUT2D eigenvalue weighted by Gasteiger charge is 2.22. The Bertz CT molecular complexity index is 957. The van der Waals surface area contributed by atoms with Gasteiger partial charge in [0, 0.05) is 30.2 Å². The van der Waals surface area contributed by atoms with Gasteiger partial charge in [-0.1, -0.05) is 12.1 Å². The molecule has 0 aliphatic carbocycles. The lowest BCUT2D eigenvalue weighted by molar-refractivity contribution is 0.0697. The van der Waals surface area contributed by atoms with Gasteiger partial charge in [0.1, 0.15) is 5.01 Å². The minimum Gasteiger partial charge on any atom is -0.478 e. The molecule has 146 valence electrons. The Kier molecular flexibility index (Phi) is 5.54. The molecule has 0 radical (unpaired) electrons. The number of aromatic carboxylic acids is 1. The van der Waals surface area contributed by atoms with Crippen molar-refractivity contribution < 1.29 is 9.90 Å². The van der Waals surface area contributed by atoms with Gasteiger partial charge < -0.3 is 5.11 Å². The van der Waals surface area contributed by atoms with Crippen LogP contribution in [0.5, 0.6) is 0 Å². The second kappa shape index (κ2) is 8.24. The number of rotatable bonds is 6. The number of benzene rings is 1. The summed E-state index contributed by atoms with van der Waals surface area (Å²) in [6.07, 6.45) is 6.49. The highest BCUT2D eigenvalue weighted by Crippen LogP contribution is 2.29. The van der Waals surface area contributed by atoms with E-state index in [-0.39, 0.29) is 0 Å². The van der Waals surface area contributed by atoms with Gasteiger partial charge in [0.25, 0.3) is 0 Å². The zero-order valence-corrected chi connectivity index (χ0v) is 16.7. The Labute approximate surface area is 168 Å². The summed E-state index contributed by atoms with van der Waals surface area (Å²) in [6, 6.07) is 6.98. The number of hydrogen-bond acceptors (Lipinski definition) is 5. The fourth-order valence-electron chi connectivity index (χ4n) is 3.71. The third-order valence-corrected chi connectivity index (χ3v) is 6.27. The predicted octanol–water partition coefficient (Wildman–Crippen LogP) is 4.10. The van der Waals surface area contributed by atoms with Crippen molar-refractivity contribution in [3.63, 3.8) is 0 Å². The minimum atomic E-state index is -0.911. The summed E-state index contributed by atoms with van der Waals surface area (Å²) < 4.78 is 2.00. The number of piperidine rings is 1. The third-order valence-electron chi connectivity index (χ3n) is 5.33. The van der Waals surface area contributed by atoms with Crippen LogP contribution in [0.2, 0.25) is 0 Å². The van der Waals surface area contributed by atoms with Crippen LogP contribution in [-0.4, -0.2) is 43.8 Å². The summed E-state index contributed by atoms with van der Waals surface area (Å²) in [5.41, 5.74) is 3.57. The quantitative estimate of drug-likeness (QED) is 0.679. The van der Waals surface area contributed by atoms with E-state index in [1.54, 1.807) is 29.5 Å². The van der Waals surface area contributed by atoms with Gasteiger partial charge in [-0.2, -0.15) is 5.10 Å². The molecular weight excluding hydrogens is 372 g/mol. The van der Waals surface area contributed by atoms with E-state index >= 15 is 0 Å². The van der Waals surface area contributed by atoms with E-state index in [4.69, 9.17) is 10.1 Å². The first-order chi connectivity index (χ1) is 13.6. The highest BCUT2D eigenvalue weighted by atomic mass is 32.1. The molecule has 6 nitrogen and oxygen atoms in total. The topological polar surface area (TPSA) is 71.2 Å². The van der Waals surface area contributed by atoms with Crippen molar-refractivity contribution in [2.24, 2.45) is 0 Å². The van der Waals surface area contributed by atoms with E-state index < -0.39 is 5.97 Å². The molecule has 1 N–H and O–H groups in total. The maximum absolute atomic E-state index is 11.2. The molecule has 7 heteroatoms. The number of carboxylic acid groups (broad SMARTS) is 1. The Hall–Kier alpha value is -2.51.